The van der Waals surface area contributed by atoms with Crippen molar-refractivity contribution in [1.82, 2.24) is 0 Å². The molecule has 1 heterocycles. The maximum Gasteiger partial charge on any atom is 0.129 e. The third-order valence-corrected chi connectivity index (χ3v) is 3.00. The largest absolute Gasteiger partial charge is 0.507 e. The summed E-state index contributed by atoms with van der Waals surface area (Å²) in [5, 5.41) is 11.2. The summed E-state index contributed by atoms with van der Waals surface area (Å²) in [6.07, 6.45) is 1.80. The van der Waals surface area contributed by atoms with Crippen LogP contribution in [0.15, 0.2) is 5.38 Å². The van der Waals surface area contributed by atoms with Crippen LogP contribution < -0.4 is 0 Å². The van der Waals surface area contributed by atoms with E-state index in [0.29, 0.717) is 12.4 Å². The molecule has 68 valence electrons. The summed E-state index contributed by atoms with van der Waals surface area (Å²) in [6, 6.07) is 0. The van der Waals surface area contributed by atoms with E-state index in [9.17, 15) is 5.11 Å². The Bertz CT molecular complexity index is 243. The van der Waals surface area contributed by atoms with Crippen LogP contribution in [-0.2, 0) is 17.6 Å². The van der Waals surface area contributed by atoms with E-state index in [4.69, 9.17) is 4.74 Å². The molecule has 0 fully saturated rings. The predicted octanol–water partition coefficient (Wildman–Crippen LogP) is 2.21. The fraction of sp³-hybridized carbons (Fsp3) is 0.556. The molecule has 0 bridgehead atoms. The van der Waals surface area contributed by atoms with Gasteiger partial charge in [0, 0.05) is 29.4 Å². The molecule has 1 N–H and O–H groups in total. The third kappa shape index (κ3) is 1.99. The van der Waals surface area contributed by atoms with Crippen LogP contribution in [0.4, 0.5) is 0 Å². The lowest BCUT2D eigenvalue weighted by Gasteiger charge is -2.01. The van der Waals surface area contributed by atoms with Crippen molar-refractivity contribution >= 4 is 11.3 Å². The molecule has 1 aromatic rings. The Kier molecular flexibility index (Phi) is 3.56. The van der Waals surface area contributed by atoms with Crippen LogP contribution in [0.5, 0.6) is 5.75 Å². The fourth-order valence-electron chi connectivity index (χ4n) is 1.18. The van der Waals surface area contributed by atoms with E-state index in [1.54, 1.807) is 23.8 Å². The van der Waals surface area contributed by atoms with Gasteiger partial charge in [-0.3, -0.25) is 0 Å². The minimum atomic E-state index is 0.425. The van der Waals surface area contributed by atoms with E-state index in [0.717, 1.165) is 18.4 Å². The summed E-state index contributed by atoms with van der Waals surface area (Å²) in [6.45, 7) is 2.78. The van der Waals surface area contributed by atoms with E-state index in [1.165, 1.54) is 4.88 Å². The molecule has 0 saturated heterocycles. The number of ether oxygens (including phenoxy) is 1. The van der Waals surface area contributed by atoms with Crippen molar-refractivity contribution in [3.8, 4) is 5.75 Å². The summed E-state index contributed by atoms with van der Waals surface area (Å²) in [7, 11) is 1.68. The molecule has 0 radical (unpaired) electrons. The van der Waals surface area contributed by atoms with E-state index in [1.807, 2.05) is 0 Å². The Balaban J connectivity index is 2.72. The molecular weight excluding hydrogens is 172 g/mol. The summed E-state index contributed by atoms with van der Waals surface area (Å²) in [5.74, 6) is 0.425. The van der Waals surface area contributed by atoms with Crippen LogP contribution in [-0.4, -0.2) is 18.8 Å². The molecular formula is C9H14O2S. The van der Waals surface area contributed by atoms with Crippen molar-refractivity contribution in [2.45, 2.75) is 19.8 Å². The quantitative estimate of drug-likeness (QED) is 0.781. The average molecular weight is 186 g/mol. The molecule has 0 aliphatic heterocycles. The molecule has 0 atom stereocenters. The van der Waals surface area contributed by atoms with Crippen molar-refractivity contribution in [1.29, 1.82) is 0 Å². The maximum absolute atomic E-state index is 9.44. The molecule has 1 aromatic heterocycles. The number of hydrogen-bond acceptors (Lipinski definition) is 3. The molecule has 0 aliphatic carbocycles. The highest BCUT2D eigenvalue weighted by Gasteiger charge is 2.08. The van der Waals surface area contributed by atoms with E-state index in [2.05, 4.69) is 6.92 Å². The Morgan fingerprint density at radius 1 is 1.58 bits per heavy atom. The number of aryl methyl sites for hydroxylation is 1. The van der Waals surface area contributed by atoms with Crippen molar-refractivity contribution in [3.63, 3.8) is 0 Å². The molecule has 1 rings (SSSR count). The van der Waals surface area contributed by atoms with Gasteiger partial charge in [0.25, 0.3) is 0 Å². The monoisotopic (exact) mass is 186 g/mol. The van der Waals surface area contributed by atoms with Gasteiger partial charge in [-0.25, -0.2) is 0 Å². The van der Waals surface area contributed by atoms with Gasteiger partial charge < -0.3 is 9.84 Å². The smallest absolute Gasteiger partial charge is 0.129 e. The summed E-state index contributed by atoms with van der Waals surface area (Å²) >= 11 is 1.62. The minimum absolute atomic E-state index is 0.425. The van der Waals surface area contributed by atoms with Crippen molar-refractivity contribution in [2.24, 2.45) is 0 Å². The summed E-state index contributed by atoms with van der Waals surface area (Å²) in [4.78, 5) is 1.27. The topological polar surface area (TPSA) is 29.5 Å². The van der Waals surface area contributed by atoms with Crippen molar-refractivity contribution in [3.05, 3.63) is 15.8 Å². The van der Waals surface area contributed by atoms with Crippen LogP contribution in [0.3, 0.4) is 0 Å². The van der Waals surface area contributed by atoms with Gasteiger partial charge in [-0.2, -0.15) is 0 Å². The van der Waals surface area contributed by atoms with Gasteiger partial charge in [0.15, 0.2) is 0 Å². The normalized spacial score (nSPS) is 10.5. The van der Waals surface area contributed by atoms with Crippen LogP contribution >= 0.6 is 11.3 Å². The summed E-state index contributed by atoms with van der Waals surface area (Å²) < 4.78 is 4.96. The van der Waals surface area contributed by atoms with E-state index in [-0.39, 0.29) is 0 Å². The van der Waals surface area contributed by atoms with Gasteiger partial charge in [0.1, 0.15) is 5.75 Å². The first-order chi connectivity index (χ1) is 5.79. The summed E-state index contributed by atoms with van der Waals surface area (Å²) in [5.41, 5.74) is 1.06. The minimum Gasteiger partial charge on any atom is -0.507 e. The molecule has 0 aliphatic rings. The highest BCUT2D eigenvalue weighted by Crippen LogP contribution is 2.28. The molecule has 0 aromatic carbocycles. The second kappa shape index (κ2) is 4.48. The highest BCUT2D eigenvalue weighted by atomic mass is 32.1. The SMILES string of the molecule is CCc1scc(O)c1CCOC. The van der Waals surface area contributed by atoms with Crippen LogP contribution in [0.1, 0.15) is 17.4 Å². The van der Waals surface area contributed by atoms with Gasteiger partial charge in [-0.05, 0) is 6.42 Å². The number of thiophene rings is 1. The van der Waals surface area contributed by atoms with Crippen LogP contribution in [0, 0.1) is 0 Å². The van der Waals surface area contributed by atoms with E-state index >= 15 is 0 Å². The van der Waals surface area contributed by atoms with Crippen LogP contribution in [0.2, 0.25) is 0 Å². The average Bonchev–Trinajstić information content (AvgIpc) is 2.43. The molecule has 0 unspecified atom stereocenters. The second-order valence-corrected chi connectivity index (χ2v) is 3.58. The fourth-order valence-corrected chi connectivity index (χ4v) is 2.09. The zero-order valence-corrected chi connectivity index (χ0v) is 8.28. The Labute approximate surface area is 76.8 Å². The van der Waals surface area contributed by atoms with Gasteiger partial charge >= 0.3 is 0 Å². The Hall–Kier alpha value is -0.540. The zero-order valence-electron chi connectivity index (χ0n) is 7.46. The highest BCUT2D eigenvalue weighted by molar-refractivity contribution is 7.10. The van der Waals surface area contributed by atoms with Crippen molar-refractivity contribution in [2.75, 3.05) is 13.7 Å². The van der Waals surface area contributed by atoms with E-state index < -0.39 is 0 Å². The molecule has 0 spiro atoms. The van der Waals surface area contributed by atoms with Gasteiger partial charge in [-0.1, -0.05) is 6.92 Å². The van der Waals surface area contributed by atoms with Gasteiger partial charge in [-0.15, -0.1) is 11.3 Å². The third-order valence-electron chi connectivity index (χ3n) is 1.84. The first-order valence-electron chi connectivity index (χ1n) is 4.06. The Morgan fingerprint density at radius 2 is 2.33 bits per heavy atom. The predicted molar refractivity (Wildman–Crippen MR) is 50.9 cm³/mol. The number of aromatic hydroxyl groups is 1. The van der Waals surface area contributed by atoms with Crippen LogP contribution in [0.25, 0.3) is 0 Å². The molecule has 2 nitrogen and oxygen atoms in total. The number of rotatable bonds is 4. The number of methoxy groups -OCH3 is 1. The molecule has 3 heteroatoms. The zero-order chi connectivity index (χ0) is 8.97. The van der Waals surface area contributed by atoms with Gasteiger partial charge in [0.05, 0.1) is 6.61 Å². The molecule has 0 amide bonds. The Morgan fingerprint density at radius 3 is 2.92 bits per heavy atom. The first kappa shape index (κ1) is 9.55. The molecule has 12 heavy (non-hydrogen) atoms. The second-order valence-electron chi connectivity index (χ2n) is 2.62. The molecule has 0 saturated carbocycles. The lowest BCUT2D eigenvalue weighted by Crippen LogP contribution is -1.95. The van der Waals surface area contributed by atoms with Gasteiger partial charge in [0.2, 0.25) is 0 Å². The first-order valence-corrected chi connectivity index (χ1v) is 4.94. The standard InChI is InChI=1S/C9H14O2S/c1-3-9-7(4-5-11-2)8(10)6-12-9/h6,10H,3-5H2,1-2H3. The lowest BCUT2D eigenvalue weighted by molar-refractivity contribution is 0.201. The van der Waals surface area contributed by atoms with Crippen molar-refractivity contribution < 1.29 is 9.84 Å². The maximum atomic E-state index is 9.44. The number of hydrogen-bond donors (Lipinski definition) is 1. The lowest BCUT2D eigenvalue weighted by atomic mass is 10.1.